The Bertz CT molecular complexity index is 632. The van der Waals surface area contributed by atoms with Gasteiger partial charge in [0.15, 0.2) is 0 Å². The predicted molar refractivity (Wildman–Crippen MR) is 87.1 cm³/mol. The van der Waals surface area contributed by atoms with Crippen LogP contribution in [0, 0.1) is 0 Å². The number of carbonyl (C=O) groups excluding carboxylic acids is 1. The van der Waals surface area contributed by atoms with E-state index in [2.05, 4.69) is 15.6 Å². The quantitative estimate of drug-likeness (QED) is 0.690. The van der Waals surface area contributed by atoms with Crippen LogP contribution in [-0.4, -0.2) is 34.6 Å². The standard InChI is InChI=1S/C17H19N3O3/c21-16(20-14-7-4-9-18-12-14)11-15(17(22)23)19-10-8-13-5-2-1-3-6-13/h1-7,9,12,15,19H,8,10-11H2,(H,20,21)(H,22,23). The molecule has 0 saturated heterocycles. The molecule has 1 unspecified atom stereocenters. The Morgan fingerprint density at radius 3 is 2.57 bits per heavy atom. The lowest BCUT2D eigenvalue weighted by molar-refractivity contribution is -0.141. The molecule has 0 fully saturated rings. The van der Waals surface area contributed by atoms with E-state index in [9.17, 15) is 14.7 Å². The third kappa shape index (κ3) is 5.88. The normalized spacial score (nSPS) is 11.7. The van der Waals surface area contributed by atoms with Gasteiger partial charge in [-0.3, -0.25) is 14.6 Å². The molecule has 0 aliphatic heterocycles. The molecule has 1 aromatic heterocycles. The van der Waals surface area contributed by atoms with Gasteiger partial charge in [0.2, 0.25) is 5.91 Å². The lowest BCUT2D eigenvalue weighted by Crippen LogP contribution is -2.40. The number of nitrogens with zero attached hydrogens (tertiary/aromatic N) is 1. The molecule has 0 spiro atoms. The largest absolute Gasteiger partial charge is 0.480 e. The number of rotatable bonds is 8. The maximum atomic E-state index is 11.9. The van der Waals surface area contributed by atoms with Gasteiger partial charge in [0.25, 0.3) is 0 Å². The fourth-order valence-electron chi connectivity index (χ4n) is 2.12. The maximum Gasteiger partial charge on any atom is 0.321 e. The summed E-state index contributed by atoms with van der Waals surface area (Å²) in [6, 6.07) is 12.2. The molecule has 6 heteroatoms. The molecule has 6 nitrogen and oxygen atoms in total. The second-order valence-corrected chi connectivity index (χ2v) is 5.07. The topological polar surface area (TPSA) is 91.3 Å². The Kier molecular flexibility index (Phi) is 6.26. The third-order valence-electron chi connectivity index (χ3n) is 3.28. The summed E-state index contributed by atoms with van der Waals surface area (Å²) in [5.41, 5.74) is 1.66. The number of aliphatic carboxylic acids is 1. The molecule has 3 N–H and O–H groups in total. The zero-order valence-electron chi connectivity index (χ0n) is 12.6. The Balaban J connectivity index is 1.81. The lowest BCUT2D eigenvalue weighted by Gasteiger charge is -2.14. The van der Waals surface area contributed by atoms with Gasteiger partial charge in [-0.1, -0.05) is 30.3 Å². The van der Waals surface area contributed by atoms with E-state index in [0.29, 0.717) is 18.7 Å². The number of carboxylic acids is 1. The molecule has 2 rings (SSSR count). The highest BCUT2D eigenvalue weighted by Gasteiger charge is 2.20. The van der Waals surface area contributed by atoms with Crippen LogP contribution in [-0.2, 0) is 16.0 Å². The molecule has 2 aromatic rings. The second-order valence-electron chi connectivity index (χ2n) is 5.07. The van der Waals surface area contributed by atoms with E-state index >= 15 is 0 Å². The molecule has 0 saturated carbocycles. The van der Waals surface area contributed by atoms with E-state index in [1.807, 2.05) is 30.3 Å². The minimum atomic E-state index is -1.04. The Morgan fingerprint density at radius 2 is 1.91 bits per heavy atom. The van der Waals surface area contributed by atoms with E-state index in [1.54, 1.807) is 18.3 Å². The zero-order valence-corrected chi connectivity index (χ0v) is 12.6. The van der Waals surface area contributed by atoms with Gasteiger partial charge >= 0.3 is 5.97 Å². The first-order chi connectivity index (χ1) is 11.1. The van der Waals surface area contributed by atoms with Crippen LogP contribution in [0.4, 0.5) is 5.69 Å². The lowest BCUT2D eigenvalue weighted by atomic mass is 10.1. The van der Waals surface area contributed by atoms with Crippen molar-refractivity contribution in [1.82, 2.24) is 10.3 Å². The van der Waals surface area contributed by atoms with Gasteiger partial charge in [-0.05, 0) is 30.7 Å². The number of hydrogen-bond donors (Lipinski definition) is 3. The Morgan fingerprint density at radius 1 is 1.13 bits per heavy atom. The Hall–Kier alpha value is -2.73. The number of carboxylic acid groups (broad SMARTS) is 1. The van der Waals surface area contributed by atoms with Crippen molar-refractivity contribution in [3.63, 3.8) is 0 Å². The van der Waals surface area contributed by atoms with Crippen molar-refractivity contribution < 1.29 is 14.7 Å². The summed E-state index contributed by atoms with van der Waals surface area (Å²) >= 11 is 0. The fourth-order valence-corrected chi connectivity index (χ4v) is 2.12. The summed E-state index contributed by atoms with van der Waals surface area (Å²) < 4.78 is 0. The summed E-state index contributed by atoms with van der Waals surface area (Å²) in [5.74, 6) is -1.41. The summed E-state index contributed by atoms with van der Waals surface area (Å²) in [6.45, 7) is 0.487. The van der Waals surface area contributed by atoms with Gasteiger partial charge in [0.1, 0.15) is 6.04 Å². The predicted octanol–water partition coefficient (Wildman–Crippen LogP) is 1.70. The van der Waals surface area contributed by atoms with E-state index in [1.165, 1.54) is 6.20 Å². The first kappa shape index (κ1) is 16.6. The Labute approximate surface area is 134 Å². The van der Waals surface area contributed by atoms with Gasteiger partial charge in [-0.2, -0.15) is 0 Å². The summed E-state index contributed by atoms with van der Waals surface area (Å²) in [6.07, 6.45) is 3.67. The van der Waals surface area contributed by atoms with Crippen LogP contribution in [0.15, 0.2) is 54.9 Å². The minimum absolute atomic E-state index is 0.140. The van der Waals surface area contributed by atoms with E-state index < -0.39 is 12.0 Å². The van der Waals surface area contributed by atoms with Crippen LogP contribution in [0.2, 0.25) is 0 Å². The van der Waals surface area contributed by atoms with Crippen molar-refractivity contribution >= 4 is 17.6 Å². The number of nitrogens with one attached hydrogen (secondary N) is 2. The summed E-state index contributed by atoms with van der Waals surface area (Å²) in [5, 5.41) is 14.8. The number of benzene rings is 1. The maximum absolute atomic E-state index is 11.9. The van der Waals surface area contributed by atoms with Crippen molar-refractivity contribution in [2.45, 2.75) is 18.9 Å². The minimum Gasteiger partial charge on any atom is -0.480 e. The molecule has 0 aliphatic rings. The molecule has 0 bridgehead atoms. The van der Waals surface area contributed by atoms with Crippen LogP contribution in [0.25, 0.3) is 0 Å². The first-order valence-corrected chi connectivity index (χ1v) is 7.35. The van der Waals surface area contributed by atoms with Crippen molar-refractivity contribution in [1.29, 1.82) is 0 Å². The van der Waals surface area contributed by atoms with Gasteiger partial charge < -0.3 is 15.7 Å². The second kappa shape index (κ2) is 8.65. The average molecular weight is 313 g/mol. The summed E-state index contributed by atoms with van der Waals surface area (Å²) in [4.78, 5) is 27.1. The number of carbonyl (C=O) groups is 2. The molecule has 1 heterocycles. The molecule has 1 atom stereocenters. The van der Waals surface area contributed by atoms with E-state index in [-0.39, 0.29) is 12.3 Å². The van der Waals surface area contributed by atoms with Crippen LogP contribution in [0.5, 0.6) is 0 Å². The van der Waals surface area contributed by atoms with Crippen LogP contribution < -0.4 is 10.6 Å². The van der Waals surface area contributed by atoms with Gasteiger partial charge in [-0.25, -0.2) is 0 Å². The van der Waals surface area contributed by atoms with Crippen LogP contribution >= 0.6 is 0 Å². The SMILES string of the molecule is O=C(CC(NCCc1ccccc1)C(=O)O)Nc1cccnc1. The molecular formula is C17H19N3O3. The summed E-state index contributed by atoms with van der Waals surface area (Å²) in [7, 11) is 0. The average Bonchev–Trinajstić information content (AvgIpc) is 2.55. The molecule has 120 valence electrons. The highest BCUT2D eigenvalue weighted by molar-refractivity contribution is 5.93. The molecule has 1 amide bonds. The highest BCUT2D eigenvalue weighted by atomic mass is 16.4. The zero-order chi connectivity index (χ0) is 16.5. The van der Waals surface area contributed by atoms with E-state index in [4.69, 9.17) is 0 Å². The number of amides is 1. The van der Waals surface area contributed by atoms with Crippen molar-refractivity contribution in [3.8, 4) is 0 Å². The number of anilines is 1. The van der Waals surface area contributed by atoms with E-state index in [0.717, 1.165) is 5.56 Å². The molecular weight excluding hydrogens is 294 g/mol. The van der Waals surface area contributed by atoms with Crippen LogP contribution in [0.3, 0.4) is 0 Å². The van der Waals surface area contributed by atoms with Crippen molar-refractivity contribution in [3.05, 3.63) is 60.4 Å². The molecule has 0 radical (unpaired) electrons. The van der Waals surface area contributed by atoms with Crippen molar-refractivity contribution in [2.24, 2.45) is 0 Å². The highest BCUT2D eigenvalue weighted by Crippen LogP contribution is 2.05. The van der Waals surface area contributed by atoms with Gasteiger partial charge in [0.05, 0.1) is 18.3 Å². The molecule has 0 aliphatic carbocycles. The molecule has 1 aromatic carbocycles. The van der Waals surface area contributed by atoms with Crippen molar-refractivity contribution in [2.75, 3.05) is 11.9 Å². The van der Waals surface area contributed by atoms with Gasteiger partial charge in [0, 0.05) is 6.20 Å². The van der Waals surface area contributed by atoms with Gasteiger partial charge in [-0.15, -0.1) is 0 Å². The molecule has 23 heavy (non-hydrogen) atoms. The third-order valence-corrected chi connectivity index (χ3v) is 3.28. The number of pyridine rings is 1. The van der Waals surface area contributed by atoms with Crippen LogP contribution in [0.1, 0.15) is 12.0 Å². The number of hydrogen-bond acceptors (Lipinski definition) is 4. The first-order valence-electron chi connectivity index (χ1n) is 7.35. The fraction of sp³-hybridized carbons (Fsp3) is 0.235. The monoisotopic (exact) mass is 313 g/mol. The smallest absolute Gasteiger partial charge is 0.321 e. The number of aromatic nitrogens is 1.